The van der Waals surface area contributed by atoms with E-state index in [0.717, 1.165) is 35.5 Å². The number of ether oxygens (including phenoxy) is 2. The molecule has 0 aliphatic carbocycles. The Labute approximate surface area is 192 Å². The van der Waals surface area contributed by atoms with Gasteiger partial charge >= 0.3 is 12.0 Å². The highest BCUT2D eigenvalue weighted by Gasteiger charge is 2.24. The highest BCUT2D eigenvalue weighted by atomic mass is 16.5. The second kappa shape index (κ2) is 9.85. The standard InChI is InChI=1S/C23H28N6O4/c1-15-13-29(14-24-15)18-5-4-17(10-19(18)32-2)11-20-25-22(27-23(26-20)33-3)28-8-6-16(7-9-28)12-21(30)31/h4-5,10,13-14,16H,6-9,11-12H2,1-3H3,(H,30,31). The highest BCUT2D eigenvalue weighted by molar-refractivity contribution is 5.67. The Morgan fingerprint density at radius 2 is 1.94 bits per heavy atom. The van der Waals surface area contributed by atoms with Gasteiger partial charge in [-0.05, 0) is 43.4 Å². The lowest BCUT2D eigenvalue weighted by Crippen LogP contribution is -2.35. The van der Waals surface area contributed by atoms with Gasteiger partial charge in [0.2, 0.25) is 5.95 Å². The van der Waals surface area contributed by atoms with E-state index in [1.807, 2.05) is 35.9 Å². The number of carboxylic acid groups (broad SMARTS) is 1. The Hall–Kier alpha value is -3.69. The number of nitrogens with zero attached hydrogens (tertiary/aromatic N) is 6. The molecule has 1 fully saturated rings. The van der Waals surface area contributed by atoms with Crippen LogP contribution in [0.5, 0.6) is 11.8 Å². The maximum atomic E-state index is 11.0. The number of anilines is 1. The van der Waals surface area contributed by atoms with Crippen molar-refractivity contribution in [2.24, 2.45) is 5.92 Å². The van der Waals surface area contributed by atoms with Gasteiger partial charge in [-0.15, -0.1) is 0 Å². The molecule has 1 N–H and O–H groups in total. The summed E-state index contributed by atoms with van der Waals surface area (Å²) in [6, 6.07) is 6.24. The van der Waals surface area contributed by atoms with E-state index in [-0.39, 0.29) is 18.3 Å². The van der Waals surface area contributed by atoms with Crippen LogP contribution in [0.1, 0.15) is 36.3 Å². The number of imidazole rings is 1. The maximum absolute atomic E-state index is 11.0. The van der Waals surface area contributed by atoms with Crippen LogP contribution in [0.2, 0.25) is 0 Å². The molecule has 0 radical (unpaired) electrons. The Kier molecular flexibility index (Phi) is 6.71. The number of methoxy groups -OCH3 is 2. The molecule has 174 valence electrons. The molecule has 3 aromatic rings. The van der Waals surface area contributed by atoms with E-state index in [4.69, 9.17) is 14.6 Å². The monoisotopic (exact) mass is 452 g/mol. The van der Waals surface area contributed by atoms with Gasteiger partial charge in [0.15, 0.2) is 0 Å². The lowest BCUT2D eigenvalue weighted by atomic mass is 9.94. The maximum Gasteiger partial charge on any atom is 0.321 e. The van der Waals surface area contributed by atoms with E-state index in [2.05, 4.69) is 24.8 Å². The predicted octanol–water partition coefficient (Wildman–Crippen LogP) is 2.66. The van der Waals surface area contributed by atoms with Crippen LogP contribution >= 0.6 is 0 Å². The SMILES string of the molecule is COc1nc(Cc2ccc(-n3cnc(C)c3)c(OC)c2)nc(N2CCC(CC(=O)O)CC2)n1. The number of benzene rings is 1. The summed E-state index contributed by atoms with van der Waals surface area (Å²) in [5.74, 6) is 1.32. The van der Waals surface area contributed by atoms with Crippen molar-refractivity contribution in [2.75, 3.05) is 32.2 Å². The molecule has 1 aliphatic heterocycles. The summed E-state index contributed by atoms with van der Waals surface area (Å²) in [7, 11) is 3.18. The fourth-order valence-corrected chi connectivity index (χ4v) is 4.06. The minimum atomic E-state index is -0.748. The summed E-state index contributed by atoms with van der Waals surface area (Å²) in [6.45, 7) is 3.35. The van der Waals surface area contributed by atoms with Crippen LogP contribution in [0.15, 0.2) is 30.7 Å². The number of carbonyl (C=O) groups is 1. The van der Waals surface area contributed by atoms with Crippen molar-refractivity contribution in [1.29, 1.82) is 0 Å². The van der Waals surface area contributed by atoms with E-state index in [9.17, 15) is 4.79 Å². The number of piperidine rings is 1. The third kappa shape index (κ3) is 5.39. The van der Waals surface area contributed by atoms with Crippen LogP contribution in [0.25, 0.3) is 5.69 Å². The van der Waals surface area contributed by atoms with Gasteiger partial charge in [-0.2, -0.15) is 15.0 Å². The lowest BCUT2D eigenvalue weighted by Gasteiger charge is -2.31. The van der Waals surface area contributed by atoms with E-state index < -0.39 is 5.97 Å². The molecule has 33 heavy (non-hydrogen) atoms. The van der Waals surface area contributed by atoms with Crippen LogP contribution < -0.4 is 14.4 Å². The molecule has 0 amide bonds. The van der Waals surface area contributed by atoms with E-state index in [1.54, 1.807) is 13.4 Å². The largest absolute Gasteiger partial charge is 0.495 e. The highest BCUT2D eigenvalue weighted by Crippen LogP contribution is 2.27. The second-order valence-corrected chi connectivity index (χ2v) is 8.17. The molecule has 0 bridgehead atoms. The molecule has 0 saturated carbocycles. The minimum Gasteiger partial charge on any atom is -0.495 e. The van der Waals surface area contributed by atoms with Gasteiger partial charge in [0, 0.05) is 32.1 Å². The average Bonchev–Trinajstić information content (AvgIpc) is 3.24. The number of carboxylic acids is 1. The van der Waals surface area contributed by atoms with Crippen molar-refractivity contribution in [3.05, 3.63) is 47.8 Å². The third-order valence-corrected chi connectivity index (χ3v) is 5.79. The number of aryl methyl sites for hydroxylation is 1. The number of rotatable bonds is 8. The molecule has 4 rings (SSSR count). The molecule has 0 atom stereocenters. The summed E-state index contributed by atoms with van der Waals surface area (Å²) in [5, 5.41) is 9.04. The zero-order valence-electron chi connectivity index (χ0n) is 19.1. The summed E-state index contributed by atoms with van der Waals surface area (Å²) in [6.07, 6.45) is 5.98. The molecular formula is C23H28N6O4. The zero-order valence-corrected chi connectivity index (χ0v) is 19.1. The third-order valence-electron chi connectivity index (χ3n) is 5.79. The Morgan fingerprint density at radius 3 is 2.58 bits per heavy atom. The first-order chi connectivity index (χ1) is 15.9. The molecule has 0 spiro atoms. The first-order valence-electron chi connectivity index (χ1n) is 10.9. The number of hydrogen-bond acceptors (Lipinski definition) is 8. The van der Waals surface area contributed by atoms with Crippen molar-refractivity contribution in [2.45, 2.75) is 32.6 Å². The van der Waals surface area contributed by atoms with Crippen LogP contribution in [-0.4, -0.2) is 62.9 Å². The number of aliphatic carboxylic acids is 1. The summed E-state index contributed by atoms with van der Waals surface area (Å²) in [5.41, 5.74) is 2.82. The molecule has 3 heterocycles. The van der Waals surface area contributed by atoms with Gasteiger partial charge in [0.05, 0.1) is 31.9 Å². The van der Waals surface area contributed by atoms with Crippen molar-refractivity contribution < 1.29 is 19.4 Å². The minimum absolute atomic E-state index is 0.187. The summed E-state index contributed by atoms with van der Waals surface area (Å²) < 4.78 is 12.9. The average molecular weight is 453 g/mol. The molecule has 10 nitrogen and oxygen atoms in total. The number of aromatic nitrogens is 5. The van der Waals surface area contributed by atoms with Crippen LogP contribution in [0, 0.1) is 12.8 Å². The Bertz CT molecular complexity index is 1120. The molecule has 1 aromatic carbocycles. The quantitative estimate of drug-likeness (QED) is 0.551. The predicted molar refractivity (Wildman–Crippen MR) is 121 cm³/mol. The number of hydrogen-bond donors (Lipinski definition) is 1. The van der Waals surface area contributed by atoms with Crippen molar-refractivity contribution in [3.63, 3.8) is 0 Å². The molecular weight excluding hydrogens is 424 g/mol. The van der Waals surface area contributed by atoms with Crippen molar-refractivity contribution in [1.82, 2.24) is 24.5 Å². The second-order valence-electron chi connectivity index (χ2n) is 8.17. The molecule has 1 aliphatic rings. The van der Waals surface area contributed by atoms with Crippen LogP contribution in [-0.2, 0) is 11.2 Å². The fraction of sp³-hybridized carbons (Fsp3) is 0.435. The van der Waals surface area contributed by atoms with Gasteiger partial charge < -0.3 is 24.0 Å². The van der Waals surface area contributed by atoms with Crippen LogP contribution in [0.3, 0.4) is 0 Å². The Balaban J connectivity index is 1.53. The smallest absolute Gasteiger partial charge is 0.321 e. The molecule has 10 heteroatoms. The first kappa shape index (κ1) is 22.5. The van der Waals surface area contributed by atoms with Gasteiger partial charge in [-0.3, -0.25) is 4.79 Å². The molecule has 2 aromatic heterocycles. The normalized spacial score (nSPS) is 14.3. The van der Waals surface area contributed by atoms with Gasteiger partial charge in [-0.1, -0.05) is 6.07 Å². The van der Waals surface area contributed by atoms with Crippen molar-refractivity contribution in [3.8, 4) is 17.4 Å². The van der Waals surface area contributed by atoms with E-state index in [0.29, 0.717) is 31.3 Å². The topological polar surface area (TPSA) is 115 Å². The van der Waals surface area contributed by atoms with Crippen molar-refractivity contribution >= 4 is 11.9 Å². The van der Waals surface area contributed by atoms with E-state index >= 15 is 0 Å². The molecule has 1 saturated heterocycles. The Morgan fingerprint density at radius 1 is 1.15 bits per heavy atom. The summed E-state index contributed by atoms with van der Waals surface area (Å²) in [4.78, 5) is 30.9. The van der Waals surface area contributed by atoms with Crippen LogP contribution in [0.4, 0.5) is 5.95 Å². The van der Waals surface area contributed by atoms with Gasteiger partial charge in [-0.25, -0.2) is 4.98 Å². The van der Waals surface area contributed by atoms with Gasteiger partial charge in [0.1, 0.15) is 11.6 Å². The fourth-order valence-electron chi connectivity index (χ4n) is 4.06. The van der Waals surface area contributed by atoms with E-state index in [1.165, 1.54) is 7.11 Å². The molecule has 0 unspecified atom stereocenters. The zero-order chi connectivity index (χ0) is 23.4. The lowest BCUT2D eigenvalue weighted by molar-refractivity contribution is -0.138. The first-order valence-corrected chi connectivity index (χ1v) is 10.9. The summed E-state index contributed by atoms with van der Waals surface area (Å²) >= 11 is 0. The van der Waals surface area contributed by atoms with Gasteiger partial charge in [0.25, 0.3) is 0 Å².